The van der Waals surface area contributed by atoms with Gasteiger partial charge in [0, 0.05) is 0 Å². The average molecular weight is 165 g/mol. The van der Waals surface area contributed by atoms with Crippen molar-refractivity contribution in [3.63, 3.8) is 0 Å². The van der Waals surface area contributed by atoms with Gasteiger partial charge in [-0.05, 0) is 0 Å². The molecule has 0 spiro atoms. The van der Waals surface area contributed by atoms with E-state index in [4.69, 9.17) is 5.11 Å². The zero-order valence-corrected chi connectivity index (χ0v) is 4.35. The summed E-state index contributed by atoms with van der Waals surface area (Å²) in [6.45, 7) is 0. The van der Waals surface area contributed by atoms with Crippen molar-refractivity contribution >= 4 is 57.4 Å². The van der Waals surface area contributed by atoms with Crippen molar-refractivity contribution in [3.05, 3.63) is 18.5 Å². The molecule has 0 unspecified atom stereocenters. The van der Waals surface area contributed by atoms with E-state index >= 15 is 0 Å². The van der Waals surface area contributed by atoms with E-state index < -0.39 is 5.97 Å². The van der Waals surface area contributed by atoms with Crippen molar-refractivity contribution in [2.75, 3.05) is 0 Å². The van der Waals surface area contributed by atoms with Gasteiger partial charge in [0.1, 0.15) is 12.7 Å². The van der Waals surface area contributed by atoms with Crippen LogP contribution in [0, 0.1) is 0 Å². The minimum absolute atomic E-state index is 0. The molecule has 0 saturated carbocycles. The molecule has 0 amide bonds. The van der Waals surface area contributed by atoms with Gasteiger partial charge in [-0.2, -0.15) is 0 Å². The van der Waals surface area contributed by atoms with E-state index in [9.17, 15) is 4.79 Å². The first-order chi connectivity index (χ1) is 4.30. The van der Waals surface area contributed by atoms with E-state index in [0.29, 0.717) is 0 Å². The van der Waals surface area contributed by atoms with Crippen LogP contribution in [0.1, 0.15) is 10.6 Å². The molecule has 0 saturated heterocycles. The standard InChI is InChI=1S/C4H3N3O2.K.H/c8-4(9)3-6-1-5-2-7-3;;/h1-2H,(H,8,9);;. The van der Waals surface area contributed by atoms with E-state index in [0.717, 1.165) is 12.7 Å². The number of hydrogen-bond donors (Lipinski definition) is 1. The number of carbonyl (C=O) groups is 1. The Labute approximate surface area is 99.3 Å². The average Bonchev–Trinajstić information content (AvgIpc) is 1.90. The van der Waals surface area contributed by atoms with Crippen LogP contribution in [0.15, 0.2) is 12.7 Å². The van der Waals surface area contributed by atoms with Crippen LogP contribution in [0.3, 0.4) is 0 Å². The van der Waals surface area contributed by atoms with Crippen LogP contribution in [-0.2, 0) is 0 Å². The molecule has 0 atom stereocenters. The van der Waals surface area contributed by atoms with Gasteiger partial charge in [0.05, 0.1) is 0 Å². The summed E-state index contributed by atoms with van der Waals surface area (Å²) in [5.74, 6) is -1.37. The van der Waals surface area contributed by atoms with Crippen LogP contribution in [0.25, 0.3) is 0 Å². The zero-order chi connectivity index (χ0) is 6.69. The fraction of sp³-hybridized carbons (Fsp3) is 0. The van der Waals surface area contributed by atoms with Gasteiger partial charge >= 0.3 is 57.4 Å². The van der Waals surface area contributed by atoms with Crippen LogP contribution >= 0.6 is 0 Å². The topological polar surface area (TPSA) is 76.0 Å². The van der Waals surface area contributed by atoms with Crippen molar-refractivity contribution in [2.24, 2.45) is 0 Å². The van der Waals surface area contributed by atoms with E-state index in [1.165, 1.54) is 0 Å². The Bertz CT molecular complexity index is 215. The molecule has 0 aliphatic carbocycles. The molecule has 10 heavy (non-hydrogen) atoms. The molecular weight excluding hydrogens is 161 g/mol. The number of aromatic nitrogens is 3. The first kappa shape index (κ1) is 10.1. The molecular formula is C4H4KN3O2. The minimum atomic E-state index is -1.14. The second-order valence-electron chi connectivity index (χ2n) is 1.27. The van der Waals surface area contributed by atoms with Crippen molar-refractivity contribution in [1.29, 1.82) is 0 Å². The SMILES string of the molecule is O=C(O)c1ncncn1.[KH]. The Morgan fingerprint density at radius 1 is 1.40 bits per heavy atom. The van der Waals surface area contributed by atoms with Crippen LogP contribution in [0.2, 0.25) is 0 Å². The molecule has 5 nitrogen and oxygen atoms in total. The summed E-state index contributed by atoms with van der Waals surface area (Å²) in [7, 11) is 0. The molecule has 0 fully saturated rings. The van der Waals surface area contributed by atoms with Crippen LogP contribution in [-0.4, -0.2) is 77.4 Å². The van der Waals surface area contributed by atoms with Gasteiger partial charge in [0.15, 0.2) is 0 Å². The van der Waals surface area contributed by atoms with E-state index in [2.05, 4.69) is 15.0 Å². The quantitative estimate of drug-likeness (QED) is 0.536. The van der Waals surface area contributed by atoms with Gasteiger partial charge in [-0.15, -0.1) is 0 Å². The van der Waals surface area contributed by atoms with Gasteiger partial charge in [-0.25, -0.2) is 19.7 Å². The fourth-order valence-electron chi connectivity index (χ4n) is 0.350. The third kappa shape index (κ3) is 2.80. The molecule has 0 aromatic carbocycles. The summed E-state index contributed by atoms with van der Waals surface area (Å²) in [6.07, 6.45) is 2.27. The second kappa shape index (κ2) is 4.86. The molecule has 0 aliphatic heterocycles. The first-order valence-corrected chi connectivity index (χ1v) is 2.16. The summed E-state index contributed by atoms with van der Waals surface area (Å²) in [6, 6.07) is 0. The molecule has 48 valence electrons. The molecule has 0 bridgehead atoms. The maximum atomic E-state index is 10.0. The van der Waals surface area contributed by atoms with Crippen molar-refractivity contribution in [2.45, 2.75) is 0 Å². The second-order valence-corrected chi connectivity index (χ2v) is 1.27. The van der Waals surface area contributed by atoms with Gasteiger partial charge in [-0.1, -0.05) is 0 Å². The summed E-state index contributed by atoms with van der Waals surface area (Å²) in [5, 5.41) is 8.23. The molecule has 0 aliphatic rings. The maximum absolute atomic E-state index is 10.0. The van der Waals surface area contributed by atoms with E-state index in [1.807, 2.05) is 0 Å². The van der Waals surface area contributed by atoms with Crippen LogP contribution in [0.5, 0.6) is 0 Å². The summed E-state index contributed by atoms with van der Waals surface area (Å²) < 4.78 is 0. The third-order valence-electron chi connectivity index (χ3n) is 0.685. The number of carboxylic acids is 1. The van der Waals surface area contributed by atoms with Crippen molar-refractivity contribution in [1.82, 2.24) is 15.0 Å². The van der Waals surface area contributed by atoms with Crippen molar-refractivity contribution in [3.8, 4) is 0 Å². The normalized spacial score (nSPS) is 8.00. The fourth-order valence-corrected chi connectivity index (χ4v) is 0.350. The van der Waals surface area contributed by atoms with Crippen LogP contribution in [0.4, 0.5) is 0 Å². The van der Waals surface area contributed by atoms with E-state index in [-0.39, 0.29) is 57.2 Å². The molecule has 1 aromatic rings. The van der Waals surface area contributed by atoms with Gasteiger partial charge in [0.2, 0.25) is 5.82 Å². The van der Waals surface area contributed by atoms with Crippen LogP contribution < -0.4 is 0 Å². The first-order valence-electron chi connectivity index (χ1n) is 2.16. The van der Waals surface area contributed by atoms with Crippen molar-refractivity contribution < 1.29 is 9.90 Å². The zero-order valence-electron chi connectivity index (χ0n) is 4.35. The Morgan fingerprint density at radius 2 is 1.90 bits per heavy atom. The van der Waals surface area contributed by atoms with Gasteiger partial charge in [0.25, 0.3) is 0 Å². The molecule has 1 heterocycles. The summed E-state index contributed by atoms with van der Waals surface area (Å²) in [5.41, 5.74) is 0. The number of aromatic carboxylic acids is 1. The Kier molecular flexibility index (Phi) is 4.92. The number of hydrogen-bond acceptors (Lipinski definition) is 4. The Balaban J connectivity index is 0.000000810. The predicted molar refractivity (Wildman–Crippen MR) is 33.9 cm³/mol. The van der Waals surface area contributed by atoms with Gasteiger partial charge < -0.3 is 5.11 Å². The molecule has 1 rings (SSSR count). The third-order valence-corrected chi connectivity index (χ3v) is 0.685. The number of nitrogens with zero attached hydrogens (tertiary/aromatic N) is 3. The Hall–Kier alpha value is 0.116. The number of rotatable bonds is 1. The predicted octanol–water partition coefficient (Wildman–Crippen LogP) is -1.08. The molecule has 1 N–H and O–H groups in total. The number of carboxylic acid groups (broad SMARTS) is 1. The monoisotopic (exact) mass is 165 g/mol. The summed E-state index contributed by atoms with van der Waals surface area (Å²) >= 11 is 0. The van der Waals surface area contributed by atoms with Gasteiger partial charge in [-0.3, -0.25) is 0 Å². The molecule has 0 radical (unpaired) electrons. The Morgan fingerprint density at radius 3 is 2.20 bits per heavy atom. The van der Waals surface area contributed by atoms with E-state index in [1.54, 1.807) is 0 Å². The molecule has 6 heteroatoms. The summed E-state index contributed by atoms with van der Waals surface area (Å²) in [4.78, 5) is 20.2. The molecule has 1 aromatic heterocycles.